The maximum atomic E-state index is 12.7. The van der Waals surface area contributed by atoms with E-state index in [1.54, 1.807) is 12.3 Å². The zero-order valence-corrected chi connectivity index (χ0v) is 12.6. The van der Waals surface area contributed by atoms with Crippen LogP contribution in [0.5, 0.6) is 0 Å². The molecule has 1 fully saturated rings. The van der Waals surface area contributed by atoms with Gasteiger partial charge in [-0.05, 0) is 19.9 Å². The fourth-order valence-electron chi connectivity index (χ4n) is 2.94. The Labute approximate surface area is 129 Å². The minimum Gasteiger partial charge on any atom is -0.360 e. The van der Waals surface area contributed by atoms with Crippen molar-refractivity contribution in [2.45, 2.75) is 25.9 Å². The van der Waals surface area contributed by atoms with Gasteiger partial charge in [0, 0.05) is 40.7 Å². The first-order valence-corrected chi connectivity index (χ1v) is 7.35. The van der Waals surface area contributed by atoms with Crippen molar-refractivity contribution in [2.75, 3.05) is 0 Å². The molecule has 2 unspecified atom stereocenters. The molecule has 1 aliphatic heterocycles. The quantitative estimate of drug-likeness (QED) is 0.461. The number of rotatable bonds is 3. The van der Waals surface area contributed by atoms with E-state index in [0.29, 0.717) is 5.56 Å². The second kappa shape index (κ2) is 5.76. The lowest BCUT2D eigenvalue weighted by Crippen LogP contribution is -2.30. The summed E-state index contributed by atoms with van der Waals surface area (Å²) < 4.78 is 0. The van der Waals surface area contributed by atoms with E-state index in [1.165, 1.54) is 0 Å². The van der Waals surface area contributed by atoms with Gasteiger partial charge in [-0.15, -0.1) is 0 Å². The van der Waals surface area contributed by atoms with Crippen molar-refractivity contribution in [3.8, 4) is 6.07 Å². The van der Waals surface area contributed by atoms with Crippen molar-refractivity contribution in [3.63, 3.8) is 0 Å². The second-order valence-electron chi connectivity index (χ2n) is 5.71. The molecular formula is C17H18N4O. The van der Waals surface area contributed by atoms with E-state index in [4.69, 9.17) is 0 Å². The molecule has 1 aliphatic rings. The highest BCUT2D eigenvalue weighted by molar-refractivity contribution is 6.17. The number of hydrazine groups is 1. The number of ketones is 1. The molecule has 1 aromatic heterocycles. The molecule has 0 radical (unpaired) electrons. The van der Waals surface area contributed by atoms with E-state index in [2.05, 4.69) is 21.9 Å². The molecular weight excluding hydrogens is 276 g/mol. The van der Waals surface area contributed by atoms with E-state index in [1.807, 2.05) is 38.1 Å². The molecule has 2 aromatic rings. The Morgan fingerprint density at radius 1 is 1.23 bits per heavy atom. The van der Waals surface area contributed by atoms with E-state index in [-0.39, 0.29) is 29.4 Å². The number of carbonyl (C=O) groups is 1. The van der Waals surface area contributed by atoms with Gasteiger partial charge in [0.05, 0.1) is 5.57 Å². The maximum Gasteiger partial charge on any atom is 0.205 e. The van der Waals surface area contributed by atoms with E-state index in [0.717, 1.165) is 10.9 Å². The molecule has 1 saturated heterocycles. The Bertz CT molecular complexity index is 773. The zero-order valence-electron chi connectivity index (χ0n) is 12.6. The van der Waals surface area contributed by atoms with E-state index < -0.39 is 0 Å². The highest BCUT2D eigenvalue weighted by atomic mass is 16.1. The van der Waals surface area contributed by atoms with Gasteiger partial charge in [-0.3, -0.25) is 15.6 Å². The van der Waals surface area contributed by atoms with Crippen LogP contribution in [0, 0.1) is 17.2 Å². The number of H-pyrrole nitrogens is 1. The number of fused-ring (bicyclic) bond motifs is 1. The molecule has 0 spiro atoms. The third-order valence-corrected chi connectivity index (χ3v) is 4.25. The molecule has 22 heavy (non-hydrogen) atoms. The van der Waals surface area contributed by atoms with Crippen molar-refractivity contribution in [3.05, 3.63) is 47.7 Å². The number of aromatic amines is 1. The first kappa shape index (κ1) is 14.5. The highest BCUT2D eigenvalue weighted by Gasteiger charge is 2.29. The van der Waals surface area contributed by atoms with Gasteiger partial charge >= 0.3 is 0 Å². The summed E-state index contributed by atoms with van der Waals surface area (Å²) in [5.74, 6) is -0.130. The average molecular weight is 294 g/mol. The van der Waals surface area contributed by atoms with Crippen LogP contribution in [0.4, 0.5) is 0 Å². The van der Waals surface area contributed by atoms with Gasteiger partial charge in [0.25, 0.3) is 0 Å². The molecule has 2 heterocycles. The molecule has 112 valence electrons. The molecule has 3 N–H and O–H groups in total. The molecule has 1 aromatic carbocycles. The summed E-state index contributed by atoms with van der Waals surface area (Å²) in [5.41, 5.74) is 7.90. The van der Waals surface area contributed by atoms with Crippen LogP contribution in [0.2, 0.25) is 0 Å². The molecule has 0 bridgehead atoms. The molecule has 0 saturated carbocycles. The number of nitrogens with zero attached hydrogens (tertiary/aromatic N) is 1. The Morgan fingerprint density at radius 3 is 2.59 bits per heavy atom. The maximum absolute atomic E-state index is 12.7. The Morgan fingerprint density at radius 2 is 1.91 bits per heavy atom. The number of Topliss-reactive ketones (excluding diaryl/α,β-unsaturated/α-hetero) is 1. The summed E-state index contributed by atoms with van der Waals surface area (Å²) in [6.07, 6.45) is 3.46. The molecule has 0 aliphatic carbocycles. The Balaban J connectivity index is 1.97. The lowest BCUT2D eigenvalue weighted by atomic mass is 9.92. The van der Waals surface area contributed by atoms with Crippen molar-refractivity contribution in [2.24, 2.45) is 5.92 Å². The summed E-state index contributed by atoms with van der Waals surface area (Å²) in [6, 6.07) is 10.0. The van der Waals surface area contributed by atoms with Crippen LogP contribution in [-0.2, 0) is 0 Å². The monoisotopic (exact) mass is 294 g/mol. The second-order valence-corrected chi connectivity index (χ2v) is 5.71. The number of nitriles is 1. The van der Waals surface area contributed by atoms with Gasteiger partial charge in [0.1, 0.15) is 6.07 Å². The highest BCUT2D eigenvalue weighted by Crippen LogP contribution is 2.23. The predicted molar refractivity (Wildman–Crippen MR) is 85.0 cm³/mol. The van der Waals surface area contributed by atoms with Gasteiger partial charge in [-0.2, -0.15) is 5.26 Å². The summed E-state index contributed by atoms with van der Waals surface area (Å²) in [6.45, 7) is 4.06. The molecule has 3 rings (SSSR count). The van der Waals surface area contributed by atoms with Crippen molar-refractivity contribution in [1.82, 2.24) is 15.8 Å². The lowest BCUT2D eigenvalue weighted by molar-refractivity contribution is 0.103. The van der Waals surface area contributed by atoms with Crippen LogP contribution in [0.15, 0.2) is 42.1 Å². The number of benzene rings is 1. The number of aromatic nitrogens is 1. The molecule has 0 amide bonds. The number of hydrogen-bond donors (Lipinski definition) is 3. The number of nitrogens with one attached hydrogen (secondary N) is 3. The van der Waals surface area contributed by atoms with Crippen LogP contribution in [0.25, 0.3) is 10.9 Å². The summed E-state index contributed by atoms with van der Waals surface area (Å²) >= 11 is 0. The summed E-state index contributed by atoms with van der Waals surface area (Å²) in [7, 11) is 0. The van der Waals surface area contributed by atoms with Gasteiger partial charge in [-0.25, -0.2) is 0 Å². The van der Waals surface area contributed by atoms with Gasteiger partial charge in [0.15, 0.2) is 0 Å². The number of hydrogen-bond acceptors (Lipinski definition) is 4. The van der Waals surface area contributed by atoms with Crippen molar-refractivity contribution >= 4 is 16.7 Å². The smallest absolute Gasteiger partial charge is 0.205 e. The van der Waals surface area contributed by atoms with Gasteiger partial charge < -0.3 is 4.98 Å². The van der Waals surface area contributed by atoms with Crippen LogP contribution in [0.3, 0.4) is 0 Å². The topological polar surface area (TPSA) is 80.7 Å². The van der Waals surface area contributed by atoms with E-state index >= 15 is 0 Å². The minimum atomic E-state index is -0.230. The van der Waals surface area contributed by atoms with Crippen molar-refractivity contribution in [1.29, 1.82) is 5.26 Å². The molecule has 2 atom stereocenters. The largest absolute Gasteiger partial charge is 0.360 e. The minimum absolute atomic E-state index is 0.101. The van der Waals surface area contributed by atoms with Gasteiger partial charge in [0.2, 0.25) is 5.78 Å². The standard InChI is InChI=1S/C17H18N4O/c1-10-14(11(2)21-20-10)7-12(8-18)17(22)15-9-19-16-6-4-3-5-13(15)16/h3-7,9-11,14,19-21H,1-2H3/b12-7+. The average Bonchev–Trinajstić information content (AvgIpc) is 3.09. The fraction of sp³-hybridized carbons (Fsp3) is 0.294. The Kier molecular flexibility index (Phi) is 3.80. The van der Waals surface area contributed by atoms with E-state index in [9.17, 15) is 10.1 Å². The third-order valence-electron chi connectivity index (χ3n) is 4.25. The van der Waals surface area contributed by atoms with Crippen LogP contribution < -0.4 is 10.9 Å². The van der Waals surface area contributed by atoms with Crippen LogP contribution >= 0.6 is 0 Å². The first-order chi connectivity index (χ1) is 10.6. The number of carbonyl (C=O) groups excluding carboxylic acids is 1. The summed E-state index contributed by atoms with van der Waals surface area (Å²) in [5, 5.41) is 10.3. The SMILES string of the molecule is CC1NNC(C)C1/C=C(\C#N)C(=O)c1c[nH]c2ccccc12. The molecule has 5 nitrogen and oxygen atoms in total. The zero-order chi connectivity index (χ0) is 15.7. The Hall–Kier alpha value is -2.42. The third kappa shape index (κ3) is 2.43. The van der Waals surface area contributed by atoms with Crippen LogP contribution in [-0.4, -0.2) is 22.9 Å². The molecule has 5 heteroatoms. The normalized spacial score (nSPS) is 25.3. The summed E-state index contributed by atoms with van der Waals surface area (Å²) in [4.78, 5) is 15.8. The lowest BCUT2D eigenvalue weighted by Gasteiger charge is -2.13. The van der Waals surface area contributed by atoms with Crippen LogP contribution in [0.1, 0.15) is 24.2 Å². The number of para-hydroxylation sites is 1. The first-order valence-electron chi connectivity index (χ1n) is 7.35. The number of allylic oxidation sites excluding steroid dienone is 1. The predicted octanol–water partition coefficient (Wildman–Crippen LogP) is 2.30. The fourth-order valence-corrected chi connectivity index (χ4v) is 2.94. The van der Waals surface area contributed by atoms with Gasteiger partial charge in [-0.1, -0.05) is 24.3 Å². The van der Waals surface area contributed by atoms with Crippen molar-refractivity contribution < 1.29 is 4.79 Å².